The molecule has 2 aromatic carbocycles. The maximum Gasteiger partial charge on any atom is 0.319 e. The number of halogens is 1. The molecule has 4 nitrogen and oxygen atoms in total. The third-order valence-corrected chi connectivity index (χ3v) is 4.54. The SMILES string of the molecule is O=C(NC[C@H](c1ccccc1)N1CCCC1)Nc1cccc(Cl)c1. The number of urea groups is 1. The molecule has 0 bridgehead atoms. The lowest BCUT2D eigenvalue weighted by Gasteiger charge is -2.28. The predicted molar refractivity (Wildman–Crippen MR) is 98.5 cm³/mol. The van der Waals surface area contributed by atoms with E-state index >= 15 is 0 Å². The van der Waals surface area contributed by atoms with E-state index in [1.165, 1.54) is 18.4 Å². The Labute approximate surface area is 147 Å². The second-order valence-electron chi connectivity index (χ2n) is 6.01. The summed E-state index contributed by atoms with van der Waals surface area (Å²) >= 11 is 5.94. The molecule has 0 unspecified atom stereocenters. The molecule has 0 aliphatic carbocycles. The van der Waals surface area contributed by atoms with Gasteiger partial charge in [-0.05, 0) is 49.7 Å². The summed E-state index contributed by atoms with van der Waals surface area (Å²) in [6.07, 6.45) is 2.44. The Balaban J connectivity index is 1.61. The fraction of sp³-hybridized carbons (Fsp3) is 0.316. The lowest BCUT2D eigenvalue weighted by Crippen LogP contribution is -2.38. The zero-order chi connectivity index (χ0) is 16.8. The van der Waals surface area contributed by atoms with E-state index in [1.807, 2.05) is 30.3 Å². The van der Waals surface area contributed by atoms with Crippen LogP contribution in [0.25, 0.3) is 0 Å². The topological polar surface area (TPSA) is 44.4 Å². The fourth-order valence-corrected chi connectivity index (χ4v) is 3.31. The molecule has 2 N–H and O–H groups in total. The number of nitrogens with one attached hydrogen (secondary N) is 2. The molecule has 0 spiro atoms. The van der Waals surface area contributed by atoms with E-state index in [4.69, 9.17) is 11.6 Å². The summed E-state index contributed by atoms with van der Waals surface area (Å²) in [6.45, 7) is 2.74. The minimum absolute atomic E-state index is 0.207. The molecular weight excluding hydrogens is 322 g/mol. The summed E-state index contributed by atoms with van der Waals surface area (Å²) in [5, 5.41) is 6.42. The van der Waals surface area contributed by atoms with E-state index in [1.54, 1.807) is 12.1 Å². The molecule has 1 heterocycles. The quantitative estimate of drug-likeness (QED) is 0.850. The van der Waals surface area contributed by atoms with Crippen LogP contribution in [-0.4, -0.2) is 30.6 Å². The summed E-state index contributed by atoms with van der Waals surface area (Å²) < 4.78 is 0. The van der Waals surface area contributed by atoms with E-state index in [2.05, 4.69) is 27.7 Å². The van der Waals surface area contributed by atoms with Gasteiger partial charge >= 0.3 is 6.03 Å². The minimum atomic E-state index is -0.211. The van der Waals surface area contributed by atoms with Crippen molar-refractivity contribution in [1.29, 1.82) is 0 Å². The number of likely N-dealkylation sites (tertiary alicyclic amines) is 1. The van der Waals surface area contributed by atoms with E-state index in [9.17, 15) is 4.79 Å². The molecule has 1 saturated heterocycles. The van der Waals surface area contributed by atoms with Crippen molar-refractivity contribution in [2.45, 2.75) is 18.9 Å². The lowest BCUT2D eigenvalue weighted by atomic mass is 10.1. The molecular formula is C19H22ClN3O. The smallest absolute Gasteiger partial charge is 0.319 e. The van der Waals surface area contributed by atoms with Gasteiger partial charge in [-0.1, -0.05) is 48.0 Å². The van der Waals surface area contributed by atoms with Gasteiger partial charge in [-0.15, -0.1) is 0 Å². The molecule has 2 amide bonds. The van der Waals surface area contributed by atoms with Crippen molar-refractivity contribution in [1.82, 2.24) is 10.2 Å². The highest BCUT2D eigenvalue weighted by Gasteiger charge is 2.23. The molecule has 1 aliphatic rings. The van der Waals surface area contributed by atoms with Crippen LogP contribution in [0.5, 0.6) is 0 Å². The number of carbonyl (C=O) groups excluding carboxylic acids is 1. The number of rotatable bonds is 5. The van der Waals surface area contributed by atoms with E-state index in [-0.39, 0.29) is 12.1 Å². The monoisotopic (exact) mass is 343 g/mol. The van der Waals surface area contributed by atoms with E-state index < -0.39 is 0 Å². The number of carbonyl (C=O) groups is 1. The average molecular weight is 344 g/mol. The Bertz CT molecular complexity index is 671. The number of hydrogen-bond acceptors (Lipinski definition) is 2. The van der Waals surface area contributed by atoms with Crippen molar-refractivity contribution >= 4 is 23.3 Å². The fourth-order valence-electron chi connectivity index (χ4n) is 3.12. The largest absolute Gasteiger partial charge is 0.336 e. The molecule has 5 heteroatoms. The van der Waals surface area contributed by atoms with E-state index in [0.29, 0.717) is 17.3 Å². The average Bonchev–Trinajstić information content (AvgIpc) is 3.10. The van der Waals surface area contributed by atoms with Crippen LogP contribution in [0.4, 0.5) is 10.5 Å². The normalized spacial score (nSPS) is 15.9. The van der Waals surface area contributed by atoms with Crippen LogP contribution < -0.4 is 10.6 Å². The van der Waals surface area contributed by atoms with Crippen molar-refractivity contribution in [2.75, 3.05) is 25.0 Å². The molecule has 1 atom stereocenters. The second-order valence-corrected chi connectivity index (χ2v) is 6.45. The predicted octanol–water partition coefficient (Wildman–Crippen LogP) is 4.30. The van der Waals surface area contributed by atoms with Gasteiger partial charge in [-0.25, -0.2) is 4.79 Å². The molecule has 0 aromatic heterocycles. The van der Waals surface area contributed by atoms with Gasteiger partial charge in [0.25, 0.3) is 0 Å². The molecule has 3 rings (SSSR count). The number of benzene rings is 2. The molecule has 126 valence electrons. The van der Waals surface area contributed by atoms with Crippen LogP contribution in [0, 0.1) is 0 Å². The van der Waals surface area contributed by atoms with Gasteiger partial charge in [-0.2, -0.15) is 0 Å². The van der Waals surface area contributed by atoms with Gasteiger partial charge in [-0.3, -0.25) is 4.90 Å². The Morgan fingerprint density at radius 2 is 1.83 bits per heavy atom. The first-order valence-electron chi connectivity index (χ1n) is 8.32. The molecule has 1 fully saturated rings. The summed E-state index contributed by atoms with van der Waals surface area (Å²) in [5.74, 6) is 0. The van der Waals surface area contributed by atoms with Gasteiger partial charge in [0, 0.05) is 17.3 Å². The minimum Gasteiger partial charge on any atom is -0.336 e. The molecule has 0 saturated carbocycles. The number of hydrogen-bond donors (Lipinski definition) is 2. The third kappa shape index (κ3) is 4.49. The summed E-state index contributed by atoms with van der Waals surface area (Å²) in [5.41, 5.74) is 1.93. The molecule has 24 heavy (non-hydrogen) atoms. The summed E-state index contributed by atoms with van der Waals surface area (Å²) in [7, 11) is 0. The van der Waals surface area contributed by atoms with Crippen molar-refractivity contribution in [3.8, 4) is 0 Å². The second kappa shape index (κ2) is 8.18. The van der Waals surface area contributed by atoms with Gasteiger partial charge in [0.05, 0.1) is 6.04 Å². The van der Waals surface area contributed by atoms with Gasteiger partial charge in [0.15, 0.2) is 0 Å². The van der Waals surface area contributed by atoms with Crippen molar-refractivity contribution in [3.05, 3.63) is 65.2 Å². The summed E-state index contributed by atoms with van der Waals surface area (Å²) in [4.78, 5) is 14.6. The first kappa shape index (κ1) is 16.8. The zero-order valence-corrected chi connectivity index (χ0v) is 14.3. The number of amides is 2. The molecule has 2 aromatic rings. The third-order valence-electron chi connectivity index (χ3n) is 4.30. The number of nitrogens with zero attached hydrogens (tertiary/aromatic N) is 1. The zero-order valence-electron chi connectivity index (χ0n) is 13.5. The van der Waals surface area contributed by atoms with Crippen LogP contribution in [-0.2, 0) is 0 Å². The van der Waals surface area contributed by atoms with Gasteiger partial charge in [0.2, 0.25) is 0 Å². The molecule has 0 radical (unpaired) electrons. The van der Waals surface area contributed by atoms with Gasteiger partial charge < -0.3 is 10.6 Å². The Hall–Kier alpha value is -2.04. The molecule has 1 aliphatic heterocycles. The first-order chi connectivity index (χ1) is 11.7. The highest BCUT2D eigenvalue weighted by molar-refractivity contribution is 6.30. The lowest BCUT2D eigenvalue weighted by molar-refractivity contribution is 0.227. The summed E-state index contributed by atoms with van der Waals surface area (Å²) in [6, 6.07) is 17.5. The first-order valence-corrected chi connectivity index (χ1v) is 8.69. The van der Waals surface area contributed by atoms with Crippen LogP contribution in [0.15, 0.2) is 54.6 Å². The highest BCUT2D eigenvalue weighted by Crippen LogP contribution is 2.24. The standard InChI is InChI=1S/C19H22ClN3O/c20-16-9-6-10-17(13-16)22-19(24)21-14-18(23-11-4-5-12-23)15-7-2-1-3-8-15/h1-3,6-10,13,18H,4-5,11-12,14H2,(H2,21,22,24)/t18-/m1/s1. The van der Waals surface area contributed by atoms with Crippen LogP contribution in [0.2, 0.25) is 5.02 Å². The van der Waals surface area contributed by atoms with Crippen molar-refractivity contribution in [2.24, 2.45) is 0 Å². The maximum atomic E-state index is 12.2. The van der Waals surface area contributed by atoms with Crippen molar-refractivity contribution in [3.63, 3.8) is 0 Å². The van der Waals surface area contributed by atoms with Crippen LogP contribution in [0.3, 0.4) is 0 Å². The Morgan fingerprint density at radius 3 is 2.54 bits per heavy atom. The van der Waals surface area contributed by atoms with Crippen LogP contribution >= 0.6 is 11.6 Å². The Kier molecular flexibility index (Phi) is 5.72. The number of anilines is 1. The maximum absolute atomic E-state index is 12.2. The Morgan fingerprint density at radius 1 is 1.08 bits per heavy atom. The van der Waals surface area contributed by atoms with Gasteiger partial charge in [0.1, 0.15) is 0 Å². The highest BCUT2D eigenvalue weighted by atomic mass is 35.5. The van der Waals surface area contributed by atoms with E-state index in [0.717, 1.165) is 13.1 Å². The van der Waals surface area contributed by atoms with Crippen molar-refractivity contribution < 1.29 is 4.79 Å². The van der Waals surface area contributed by atoms with Crippen LogP contribution in [0.1, 0.15) is 24.4 Å².